The van der Waals surface area contributed by atoms with Crippen molar-refractivity contribution in [2.75, 3.05) is 6.54 Å². The molecule has 0 spiro atoms. The number of piperidine rings is 1. The zero-order chi connectivity index (χ0) is 15.4. The normalized spacial score (nSPS) is 33.5. The number of amides is 2. The standard InChI is InChI=1S/C16H28N2O3/c1-11-7-12(2)9-13(8-11)17-16(21)18-6-4-3-5-14(18)10-15(19)20/h11-14H,3-10H2,1-2H3,(H,17,21)(H,19,20). The fourth-order valence-electron chi connectivity index (χ4n) is 4.00. The van der Waals surface area contributed by atoms with E-state index in [9.17, 15) is 9.59 Å². The fourth-order valence-corrected chi connectivity index (χ4v) is 4.00. The Hall–Kier alpha value is -1.26. The maximum absolute atomic E-state index is 12.5. The summed E-state index contributed by atoms with van der Waals surface area (Å²) in [6, 6.07) is 0.0330. The number of likely N-dealkylation sites (tertiary alicyclic amines) is 1. The van der Waals surface area contributed by atoms with Crippen LogP contribution < -0.4 is 5.32 Å². The molecule has 2 N–H and O–H groups in total. The van der Waals surface area contributed by atoms with Gasteiger partial charge in [0, 0.05) is 18.6 Å². The molecular weight excluding hydrogens is 268 g/mol. The molecule has 1 saturated heterocycles. The summed E-state index contributed by atoms with van der Waals surface area (Å²) in [6.45, 7) is 5.16. The van der Waals surface area contributed by atoms with Gasteiger partial charge in [0.2, 0.25) is 0 Å². The predicted molar refractivity (Wildman–Crippen MR) is 81.1 cm³/mol. The third-order valence-corrected chi connectivity index (χ3v) is 4.80. The lowest BCUT2D eigenvalue weighted by atomic mass is 9.80. The first-order valence-electron chi connectivity index (χ1n) is 8.24. The van der Waals surface area contributed by atoms with E-state index in [2.05, 4.69) is 19.2 Å². The van der Waals surface area contributed by atoms with Gasteiger partial charge in [0.15, 0.2) is 0 Å². The van der Waals surface area contributed by atoms with E-state index >= 15 is 0 Å². The molecule has 0 aromatic carbocycles. The number of hydrogen-bond acceptors (Lipinski definition) is 2. The SMILES string of the molecule is CC1CC(C)CC(NC(=O)N2CCCCC2CC(=O)O)C1. The highest BCUT2D eigenvalue weighted by Gasteiger charge is 2.31. The molecule has 1 heterocycles. The number of rotatable bonds is 3. The number of carboxylic acid groups (broad SMARTS) is 1. The Morgan fingerprint density at radius 2 is 1.81 bits per heavy atom. The minimum absolute atomic E-state index is 0.0604. The first-order valence-corrected chi connectivity index (χ1v) is 8.24. The predicted octanol–water partition coefficient (Wildman–Crippen LogP) is 2.85. The van der Waals surface area contributed by atoms with Crippen LogP contribution in [0.4, 0.5) is 4.79 Å². The molecule has 0 radical (unpaired) electrons. The van der Waals surface area contributed by atoms with Gasteiger partial charge in [-0.2, -0.15) is 0 Å². The first-order chi connectivity index (χ1) is 9.95. The molecule has 1 aliphatic carbocycles. The molecule has 120 valence electrons. The third-order valence-electron chi connectivity index (χ3n) is 4.80. The van der Waals surface area contributed by atoms with Gasteiger partial charge in [-0.25, -0.2) is 4.79 Å². The van der Waals surface area contributed by atoms with Crippen LogP contribution in [0.2, 0.25) is 0 Å². The summed E-state index contributed by atoms with van der Waals surface area (Å²) < 4.78 is 0. The van der Waals surface area contributed by atoms with Gasteiger partial charge in [-0.1, -0.05) is 13.8 Å². The van der Waals surface area contributed by atoms with Gasteiger partial charge in [-0.05, 0) is 50.4 Å². The smallest absolute Gasteiger partial charge is 0.317 e. The van der Waals surface area contributed by atoms with Gasteiger partial charge in [0.25, 0.3) is 0 Å². The molecule has 5 heteroatoms. The van der Waals surface area contributed by atoms with E-state index in [-0.39, 0.29) is 24.5 Å². The summed E-state index contributed by atoms with van der Waals surface area (Å²) in [4.78, 5) is 25.2. The van der Waals surface area contributed by atoms with Crippen LogP contribution >= 0.6 is 0 Å². The van der Waals surface area contributed by atoms with Crippen LogP contribution in [0.1, 0.15) is 58.8 Å². The molecule has 0 bridgehead atoms. The van der Waals surface area contributed by atoms with Crippen molar-refractivity contribution in [1.82, 2.24) is 10.2 Å². The van der Waals surface area contributed by atoms with Crippen molar-refractivity contribution in [2.45, 2.75) is 70.9 Å². The summed E-state index contributed by atoms with van der Waals surface area (Å²) in [5.41, 5.74) is 0. The lowest BCUT2D eigenvalue weighted by molar-refractivity contribution is -0.138. The monoisotopic (exact) mass is 296 g/mol. The lowest BCUT2D eigenvalue weighted by Crippen LogP contribution is -2.52. The Labute approximate surface area is 127 Å². The molecule has 1 aliphatic heterocycles. The number of nitrogens with zero attached hydrogens (tertiary/aromatic N) is 1. The van der Waals surface area contributed by atoms with Crippen LogP contribution in [0, 0.1) is 11.8 Å². The average Bonchev–Trinajstić information content (AvgIpc) is 2.37. The molecule has 5 nitrogen and oxygen atoms in total. The second kappa shape index (κ2) is 7.14. The molecule has 2 aliphatic rings. The van der Waals surface area contributed by atoms with E-state index in [1.54, 1.807) is 4.90 Å². The van der Waals surface area contributed by atoms with Gasteiger partial charge in [-0.15, -0.1) is 0 Å². The molecule has 2 amide bonds. The minimum Gasteiger partial charge on any atom is -0.481 e. The van der Waals surface area contributed by atoms with Crippen molar-refractivity contribution in [3.05, 3.63) is 0 Å². The minimum atomic E-state index is -0.820. The van der Waals surface area contributed by atoms with Gasteiger partial charge in [0.1, 0.15) is 0 Å². The molecule has 21 heavy (non-hydrogen) atoms. The van der Waals surface area contributed by atoms with Crippen LogP contribution in [-0.2, 0) is 4.79 Å². The van der Waals surface area contributed by atoms with Crippen molar-refractivity contribution >= 4 is 12.0 Å². The van der Waals surface area contributed by atoms with E-state index in [0.29, 0.717) is 18.4 Å². The van der Waals surface area contributed by atoms with E-state index in [0.717, 1.165) is 32.1 Å². The van der Waals surface area contributed by atoms with E-state index in [4.69, 9.17) is 5.11 Å². The Kier molecular flexibility index (Phi) is 5.48. The van der Waals surface area contributed by atoms with Crippen LogP contribution in [0.3, 0.4) is 0 Å². The Balaban J connectivity index is 1.92. The maximum atomic E-state index is 12.5. The van der Waals surface area contributed by atoms with Gasteiger partial charge >= 0.3 is 12.0 Å². The van der Waals surface area contributed by atoms with Crippen LogP contribution in [0.15, 0.2) is 0 Å². The molecule has 1 saturated carbocycles. The Morgan fingerprint density at radius 1 is 1.14 bits per heavy atom. The van der Waals surface area contributed by atoms with Crippen LogP contribution in [0.5, 0.6) is 0 Å². The highest BCUT2D eigenvalue weighted by Crippen LogP contribution is 2.29. The van der Waals surface area contributed by atoms with Crippen LogP contribution in [0.25, 0.3) is 0 Å². The molecule has 2 fully saturated rings. The highest BCUT2D eigenvalue weighted by atomic mass is 16.4. The zero-order valence-corrected chi connectivity index (χ0v) is 13.2. The summed E-state index contributed by atoms with van der Waals surface area (Å²) in [7, 11) is 0. The number of carbonyl (C=O) groups excluding carboxylic acids is 1. The van der Waals surface area contributed by atoms with Gasteiger partial charge in [-0.3, -0.25) is 4.79 Å². The van der Waals surface area contributed by atoms with Crippen molar-refractivity contribution in [1.29, 1.82) is 0 Å². The number of aliphatic carboxylic acids is 1. The molecule has 0 aromatic heterocycles. The Bertz CT molecular complexity index is 376. The maximum Gasteiger partial charge on any atom is 0.317 e. The number of carboxylic acids is 1. The van der Waals surface area contributed by atoms with Crippen molar-refractivity contribution in [3.8, 4) is 0 Å². The summed E-state index contributed by atoms with van der Waals surface area (Å²) in [5.74, 6) is 0.477. The third kappa shape index (κ3) is 4.61. The number of carbonyl (C=O) groups is 2. The number of urea groups is 1. The quantitative estimate of drug-likeness (QED) is 0.841. The van der Waals surface area contributed by atoms with Gasteiger partial charge in [0.05, 0.1) is 6.42 Å². The van der Waals surface area contributed by atoms with Crippen molar-refractivity contribution in [3.63, 3.8) is 0 Å². The first kappa shape index (κ1) is 16.1. The summed E-state index contributed by atoms with van der Waals surface area (Å²) in [6.07, 6.45) is 6.15. The topological polar surface area (TPSA) is 69.6 Å². The highest BCUT2D eigenvalue weighted by molar-refractivity contribution is 5.76. The second-order valence-electron chi connectivity index (χ2n) is 7.00. The van der Waals surface area contributed by atoms with E-state index in [1.807, 2.05) is 0 Å². The summed E-state index contributed by atoms with van der Waals surface area (Å²) >= 11 is 0. The van der Waals surface area contributed by atoms with E-state index < -0.39 is 5.97 Å². The Morgan fingerprint density at radius 3 is 2.43 bits per heavy atom. The zero-order valence-electron chi connectivity index (χ0n) is 13.2. The fraction of sp³-hybridized carbons (Fsp3) is 0.875. The molecule has 3 unspecified atom stereocenters. The van der Waals surface area contributed by atoms with Crippen molar-refractivity contribution in [2.24, 2.45) is 11.8 Å². The van der Waals surface area contributed by atoms with E-state index in [1.165, 1.54) is 6.42 Å². The molecule has 0 aromatic rings. The summed E-state index contributed by atoms with van der Waals surface area (Å²) in [5, 5.41) is 12.1. The van der Waals surface area contributed by atoms with Crippen molar-refractivity contribution < 1.29 is 14.7 Å². The second-order valence-corrected chi connectivity index (χ2v) is 7.00. The molecule has 2 rings (SSSR count). The van der Waals surface area contributed by atoms with Gasteiger partial charge < -0.3 is 15.3 Å². The van der Waals surface area contributed by atoms with Crippen LogP contribution in [-0.4, -0.2) is 40.6 Å². The molecular formula is C16H28N2O3. The average molecular weight is 296 g/mol. The largest absolute Gasteiger partial charge is 0.481 e. The number of hydrogen-bond donors (Lipinski definition) is 2. The number of nitrogens with one attached hydrogen (secondary N) is 1. The lowest BCUT2D eigenvalue weighted by Gasteiger charge is -2.38. The molecule has 3 atom stereocenters.